The van der Waals surface area contributed by atoms with Crippen LogP contribution in [0.4, 0.5) is 17.5 Å². The third-order valence-electron chi connectivity index (χ3n) is 13.6. The Labute approximate surface area is 609 Å². The summed E-state index contributed by atoms with van der Waals surface area (Å²) in [6, 6.07) is -2.34. The van der Waals surface area contributed by atoms with E-state index in [-0.39, 0.29) is 43.0 Å². The fourth-order valence-electron chi connectivity index (χ4n) is 9.35. The van der Waals surface area contributed by atoms with E-state index in [1.54, 1.807) is 158 Å². The van der Waals surface area contributed by atoms with Crippen molar-refractivity contribution in [3.8, 4) is 0 Å². The largest absolute Gasteiger partial charge is 0.460 e. The van der Waals surface area contributed by atoms with E-state index in [0.717, 1.165) is 0 Å². The third kappa shape index (κ3) is 39.3. The average Bonchev–Trinajstić information content (AvgIpc) is 0.948. The van der Waals surface area contributed by atoms with Gasteiger partial charge in [-0.05, 0) is 221 Å². The maximum atomic E-state index is 13.9. The van der Waals surface area contributed by atoms with Gasteiger partial charge in [0.1, 0.15) is 81.3 Å². The number of nitrogens with one attached hydrogen (secondary N) is 8. The van der Waals surface area contributed by atoms with Crippen molar-refractivity contribution >= 4 is 94.7 Å². The maximum Gasteiger partial charge on any atom is 0.329 e. The van der Waals surface area contributed by atoms with E-state index in [9.17, 15) is 67.1 Å². The zero-order valence-electron chi connectivity index (χ0n) is 64.6. The van der Waals surface area contributed by atoms with Crippen LogP contribution >= 0.6 is 0 Å². The number of benzene rings is 1. The molecule has 0 aliphatic rings. The first-order valence-corrected chi connectivity index (χ1v) is 34.8. The van der Waals surface area contributed by atoms with Crippen LogP contribution in [0.1, 0.15) is 245 Å². The number of esters is 7. The molecule has 104 heavy (non-hydrogen) atoms. The highest BCUT2D eigenvalue weighted by atomic mass is 16.6. The van der Waals surface area contributed by atoms with Crippen LogP contribution in [0.25, 0.3) is 0 Å². The van der Waals surface area contributed by atoms with E-state index < -0.39 is 210 Å². The Kier molecular flexibility index (Phi) is 34.4. The number of aromatic amines is 1. The van der Waals surface area contributed by atoms with Crippen LogP contribution in [-0.2, 0) is 97.1 Å². The van der Waals surface area contributed by atoms with Crippen LogP contribution in [0, 0.1) is 0 Å². The molecule has 1 aromatic heterocycles. The highest BCUT2D eigenvalue weighted by molar-refractivity contribution is 5.97. The van der Waals surface area contributed by atoms with Gasteiger partial charge in [0.05, 0.1) is 5.56 Å². The summed E-state index contributed by atoms with van der Waals surface area (Å²) in [7, 11) is 0. The number of nitrogens with zero attached hydrogens (tertiary/aromatic N) is 1. The number of hydrogen-bond acceptors (Lipinski definition) is 25. The van der Waals surface area contributed by atoms with Crippen molar-refractivity contribution in [2.24, 2.45) is 0 Å². The van der Waals surface area contributed by atoms with Gasteiger partial charge in [0.2, 0.25) is 35.5 Å². The molecule has 0 radical (unpaired) electrons. The second kappa shape index (κ2) is 39.5. The summed E-state index contributed by atoms with van der Waals surface area (Å²) in [6.45, 7) is 34.1. The van der Waals surface area contributed by atoms with E-state index >= 15 is 0 Å². The molecule has 0 saturated carbocycles. The van der Waals surface area contributed by atoms with Crippen LogP contribution in [-0.4, -0.2) is 169 Å². The van der Waals surface area contributed by atoms with Crippen LogP contribution in [0.3, 0.4) is 0 Å². The lowest BCUT2D eigenvalue weighted by molar-refractivity contribution is -0.161. The summed E-state index contributed by atoms with van der Waals surface area (Å²) in [4.78, 5) is 195. The van der Waals surface area contributed by atoms with Crippen LogP contribution in [0.5, 0.6) is 0 Å². The highest BCUT2D eigenvalue weighted by Gasteiger charge is 2.36. The van der Waals surface area contributed by atoms with Gasteiger partial charge in [0.25, 0.3) is 11.5 Å². The van der Waals surface area contributed by atoms with Gasteiger partial charge in [-0.1, -0.05) is 0 Å². The van der Waals surface area contributed by atoms with Gasteiger partial charge in [0, 0.05) is 56.3 Å². The molecule has 0 spiro atoms. The third-order valence-corrected chi connectivity index (χ3v) is 13.6. The van der Waals surface area contributed by atoms with Crippen molar-refractivity contribution in [2.75, 3.05) is 23.3 Å². The average molecular weight is 1470 g/mol. The zero-order chi connectivity index (χ0) is 79.7. The number of nitrogen functional groups attached to an aromatic ring is 2. The Morgan fingerprint density at radius 3 is 0.904 bits per heavy atom. The second-order valence-corrected chi connectivity index (χ2v) is 32.1. The molecule has 2 aromatic rings. The molecule has 2 rings (SSSR count). The summed E-state index contributed by atoms with van der Waals surface area (Å²) >= 11 is 0. The molecule has 0 aliphatic carbocycles. The molecule has 6 amide bonds. The number of ether oxygens (including phenoxy) is 7. The Morgan fingerprint density at radius 1 is 0.385 bits per heavy atom. The molecule has 0 aliphatic heterocycles. The lowest BCUT2D eigenvalue weighted by Crippen LogP contribution is -2.48. The molecule has 0 unspecified atom stereocenters. The zero-order valence-corrected chi connectivity index (χ0v) is 64.6. The Bertz CT molecular complexity index is 3380. The number of nitrogens with two attached hydrogens (primary N) is 2. The molecule has 32 nitrogen and oxygen atoms in total. The van der Waals surface area contributed by atoms with Gasteiger partial charge in [-0.2, -0.15) is 4.98 Å². The lowest BCUT2D eigenvalue weighted by Gasteiger charge is -2.27. The topological polar surface area (TPSA) is 469 Å². The normalized spacial score (nSPS) is 13.8. The first-order valence-electron chi connectivity index (χ1n) is 34.8. The molecule has 0 bridgehead atoms. The first kappa shape index (κ1) is 90.7. The van der Waals surface area contributed by atoms with E-state index in [0.29, 0.717) is 30.6 Å². The number of carbonyl (C=O) groups is 13. The van der Waals surface area contributed by atoms with Gasteiger partial charge in [-0.15, -0.1) is 0 Å². The van der Waals surface area contributed by atoms with Gasteiger partial charge in [-0.25, -0.2) is 28.8 Å². The minimum Gasteiger partial charge on any atom is -0.460 e. The molecule has 6 atom stereocenters. The van der Waals surface area contributed by atoms with E-state index in [1.165, 1.54) is 12.1 Å². The quantitative estimate of drug-likeness (QED) is 0.0226. The standard InChI is InChI=1S/C72H115N11O21/c1-66(2,3)98-55(89)39-33-48(63(96)103-71(16,17)18)80-53(87)37-31-46(61(94)101-69(10,11)12)78-51(85)35-29-44(59(92)99-67(4,5)6)76-50(84)34-28-45(60(93)100-68(7,8)9)77-52(86)36-30-47(62(95)102-70(13,14)15)79-54(88)38-32-49(64(97)104-72(19,20)21)81-57(90)41-24-26-42(27-25-41)75-40-22-23-43-56(73)82-65(74)83-58(43)91/h24-27,44-49,75H,22-23,28-40H2,1-21H3,(H,76,84)(H,77,86)(H,78,85)(H,79,88)(H,80,87)(H,81,90)(H5,73,74,82,83,91)/t44-,45-,46-,47-,48-,49-/m0/s1. The number of hydrogen-bond donors (Lipinski definition) is 10. The second-order valence-electron chi connectivity index (χ2n) is 32.1. The van der Waals surface area contributed by atoms with E-state index in [1.807, 2.05) is 0 Å². The minimum absolute atomic E-state index is 0.0363. The van der Waals surface area contributed by atoms with Crippen molar-refractivity contribution in [2.45, 2.75) is 311 Å². The SMILES string of the molecule is CC(C)(C)OC(=O)CC[C@H](NC(=O)CC[C@H](NC(=O)CC[C@H](NC(=O)CC[C@H](NC(=O)CC[C@H](NC(=O)CC[C@H](NC(=O)c1ccc(NCCCc2c(N)nc(N)[nH]c2=O)cc1)C(=O)OC(C)(C)C)C(=O)OC(C)(C)C)C(=O)OC(C)(C)C)C(=O)OC(C)(C)C)C(=O)OC(C)(C)C)C(=O)OC(C)(C)C. The van der Waals surface area contributed by atoms with E-state index in [2.05, 4.69) is 47.2 Å². The summed E-state index contributed by atoms with van der Waals surface area (Å²) in [6.07, 6.45) is -3.96. The van der Waals surface area contributed by atoms with Crippen LogP contribution in [0.2, 0.25) is 0 Å². The highest BCUT2D eigenvalue weighted by Crippen LogP contribution is 2.21. The molecule has 0 fully saturated rings. The van der Waals surface area contributed by atoms with Gasteiger partial charge in [0.15, 0.2) is 0 Å². The predicted molar refractivity (Wildman–Crippen MR) is 384 cm³/mol. The summed E-state index contributed by atoms with van der Waals surface area (Å²) in [5.41, 5.74) is 4.96. The van der Waals surface area contributed by atoms with Crippen LogP contribution in [0.15, 0.2) is 29.1 Å². The number of rotatable bonds is 36. The number of amides is 6. The Balaban J connectivity index is 2.30. The summed E-state index contributed by atoms with van der Waals surface area (Å²) < 4.78 is 38.8. The van der Waals surface area contributed by atoms with Gasteiger partial charge < -0.3 is 81.8 Å². The Hall–Kier alpha value is -9.39. The van der Waals surface area contributed by atoms with E-state index in [4.69, 9.17) is 44.6 Å². The smallest absolute Gasteiger partial charge is 0.329 e. The monoisotopic (exact) mass is 1470 g/mol. The number of aromatic nitrogens is 2. The minimum atomic E-state index is -1.51. The van der Waals surface area contributed by atoms with Crippen molar-refractivity contribution in [3.63, 3.8) is 0 Å². The number of H-pyrrole nitrogens is 1. The van der Waals surface area contributed by atoms with Crippen molar-refractivity contribution in [1.82, 2.24) is 41.9 Å². The molecular formula is C72H115N11O21. The number of carbonyl (C=O) groups excluding carboxylic acids is 13. The fourth-order valence-corrected chi connectivity index (χ4v) is 9.35. The molecule has 1 heterocycles. The summed E-state index contributed by atoms with van der Waals surface area (Å²) in [5, 5.41) is 18.6. The molecular weight excluding hydrogens is 1350 g/mol. The molecule has 12 N–H and O–H groups in total. The predicted octanol–water partition coefficient (Wildman–Crippen LogP) is 5.57. The lowest BCUT2D eigenvalue weighted by atomic mass is 10.1. The van der Waals surface area contributed by atoms with Crippen LogP contribution < -0.4 is 54.2 Å². The maximum absolute atomic E-state index is 13.9. The number of anilines is 3. The van der Waals surface area contributed by atoms with Gasteiger partial charge in [-0.3, -0.25) is 43.3 Å². The molecule has 584 valence electrons. The molecule has 0 saturated heterocycles. The fraction of sp³-hybridized carbons (Fsp3) is 0.681. The van der Waals surface area contributed by atoms with Crippen molar-refractivity contribution < 1.29 is 95.5 Å². The molecule has 32 heteroatoms. The Morgan fingerprint density at radius 2 is 0.644 bits per heavy atom. The van der Waals surface area contributed by atoms with Crippen molar-refractivity contribution in [3.05, 3.63) is 45.7 Å². The van der Waals surface area contributed by atoms with Gasteiger partial charge >= 0.3 is 41.8 Å². The first-order chi connectivity index (χ1) is 47.5. The molecule has 1 aromatic carbocycles. The van der Waals surface area contributed by atoms with Crippen molar-refractivity contribution in [1.29, 1.82) is 0 Å². The summed E-state index contributed by atoms with van der Waals surface area (Å²) in [5.74, 6) is -10.8.